The summed E-state index contributed by atoms with van der Waals surface area (Å²) in [5.74, 6) is 0.340. The van der Waals surface area contributed by atoms with E-state index >= 15 is 0 Å². The average Bonchev–Trinajstić information content (AvgIpc) is 2.90. The third-order valence-corrected chi connectivity index (χ3v) is 5.45. The van der Waals surface area contributed by atoms with Crippen molar-refractivity contribution in [3.05, 3.63) is 21.3 Å². The number of nitrogens with two attached hydrogens (primary N) is 1. The highest BCUT2D eigenvalue weighted by molar-refractivity contribution is 7.16. The molecule has 2 N–H and O–H groups in total. The van der Waals surface area contributed by atoms with Gasteiger partial charge in [0, 0.05) is 37.6 Å². The smallest absolute Gasteiger partial charge is 0.239 e. The summed E-state index contributed by atoms with van der Waals surface area (Å²) >= 11 is 7.58. The first kappa shape index (κ1) is 19.7. The maximum absolute atomic E-state index is 12.3. The van der Waals surface area contributed by atoms with Gasteiger partial charge in [-0.2, -0.15) is 0 Å². The first-order chi connectivity index (χ1) is 10.0. The minimum absolute atomic E-state index is 0. The van der Waals surface area contributed by atoms with Crippen molar-refractivity contribution in [3.8, 4) is 0 Å². The lowest BCUT2D eigenvalue weighted by molar-refractivity contribution is -0.135. The van der Waals surface area contributed by atoms with Gasteiger partial charge >= 0.3 is 0 Å². The van der Waals surface area contributed by atoms with E-state index in [-0.39, 0.29) is 30.3 Å². The van der Waals surface area contributed by atoms with E-state index in [1.165, 1.54) is 4.88 Å². The molecule has 1 amide bonds. The maximum atomic E-state index is 12.3. The van der Waals surface area contributed by atoms with Gasteiger partial charge in [0.15, 0.2) is 0 Å². The average molecular weight is 366 g/mol. The van der Waals surface area contributed by atoms with E-state index in [1.807, 2.05) is 17.9 Å². The third-order valence-electron chi connectivity index (χ3n) is 4.23. The van der Waals surface area contributed by atoms with Crippen molar-refractivity contribution in [1.29, 1.82) is 0 Å². The Bertz CT molecular complexity index is 475. The number of amides is 1. The highest BCUT2D eigenvalue weighted by Gasteiger charge is 2.27. The van der Waals surface area contributed by atoms with Gasteiger partial charge in [0.2, 0.25) is 5.91 Å². The van der Waals surface area contributed by atoms with Gasteiger partial charge < -0.3 is 10.6 Å². The van der Waals surface area contributed by atoms with Crippen molar-refractivity contribution in [2.75, 3.05) is 26.2 Å². The lowest BCUT2D eigenvalue weighted by atomic mass is 9.98. The standard InChI is InChI=1S/C15H24ClN3OS.ClH/c1-3-11(2)14(17)15(20)19-8-6-18(7-9-19)10-12-4-5-13(16)21-12;/h4-5,11,14H,3,6-10,17H2,1-2H3;1H. The largest absolute Gasteiger partial charge is 0.339 e. The SMILES string of the molecule is CCC(C)C(N)C(=O)N1CCN(Cc2ccc(Cl)s2)CC1.Cl. The zero-order valence-electron chi connectivity index (χ0n) is 13.1. The van der Waals surface area contributed by atoms with Crippen molar-refractivity contribution in [2.24, 2.45) is 11.7 Å². The molecule has 1 aliphatic rings. The number of thiophene rings is 1. The van der Waals surface area contributed by atoms with E-state index in [0.29, 0.717) is 0 Å². The summed E-state index contributed by atoms with van der Waals surface area (Å²) in [6.45, 7) is 8.35. The second kappa shape index (κ2) is 9.08. The Kier molecular flexibility index (Phi) is 8.14. The molecular weight excluding hydrogens is 341 g/mol. The zero-order chi connectivity index (χ0) is 15.4. The first-order valence-electron chi connectivity index (χ1n) is 7.52. The number of nitrogens with zero attached hydrogens (tertiary/aromatic N) is 2. The molecule has 7 heteroatoms. The Balaban J connectivity index is 0.00000242. The minimum atomic E-state index is -0.363. The summed E-state index contributed by atoms with van der Waals surface area (Å²) in [6, 6.07) is 3.65. The summed E-state index contributed by atoms with van der Waals surface area (Å²) in [7, 11) is 0. The van der Waals surface area contributed by atoms with Gasteiger partial charge in [-0.05, 0) is 18.1 Å². The Morgan fingerprint density at radius 3 is 2.50 bits per heavy atom. The Morgan fingerprint density at radius 1 is 1.36 bits per heavy atom. The summed E-state index contributed by atoms with van der Waals surface area (Å²) in [6.07, 6.45) is 0.937. The topological polar surface area (TPSA) is 49.6 Å². The number of hydrogen-bond acceptors (Lipinski definition) is 4. The van der Waals surface area contributed by atoms with Gasteiger partial charge in [0.05, 0.1) is 10.4 Å². The molecule has 4 nitrogen and oxygen atoms in total. The molecule has 1 saturated heterocycles. The predicted molar refractivity (Wildman–Crippen MR) is 95.9 cm³/mol. The Morgan fingerprint density at radius 2 is 2.00 bits per heavy atom. The van der Waals surface area contributed by atoms with Gasteiger partial charge in [0.1, 0.15) is 0 Å². The van der Waals surface area contributed by atoms with Crippen LogP contribution in [0.15, 0.2) is 12.1 Å². The van der Waals surface area contributed by atoms with Crippen LogP contribution in [-0.4, -0.2) is 47.9 Å². The Hall–Kier alpha value is -0.330. The fraction of sp³-hybridized carbons (Fsp3) is 0.667. The number of carbonyl (C=O) groups excluding carboxylic acids is 1. The van der Waals surface area contributed by atoms with Gasteiger partial charge in [-0.3, -0.25) is 9.69 Å². The van der Waals surface area contributed by atoms with E-state index in [0.717, 1.165) is 43.5 Å². The number of piperazine rings is 1. The lowest BCUT2D eigenvalue weighted by Crippen LogP contribution is -2.54. The molecule has 0 radical (unpaired) electrons. The summed E-state index contributed by atoms with van der Waals surface area (Å²) < 4.78 is 0.832. The molecule has 2 unspecified atom stereocenters. The summed E-state index contributed by atoms with van der Waals surface area (Å²) in [5, 5.41) is 0. The van der Waals surface area contributed by atoms with Crippen LogP contribution in [0.25, 0.3) is 0 Å². The fourth-order valence-electron chi connectivity index (χ4n) is 2.49. The highest BCUT2D eigenvalue weighted by Crippen LogP contribution is 2.23. The van der Waals surface area contributed by atoms with Crippen LogP contribution in [0.4, 0.5) is 0 Å². The molecule has 0 aromatic carbocycles. The molecule has 1 aliphatic heterocycles. The molecule has 0 saturated carbocycles. The molecule has 1 aromatic rings. The molecule has 2 heterocycles. The molecule has 0 bridgehead atoms. The van der Waals surface area contributed by atoms with Crippen molar-refractivity contribution in [2.45, 2.75) is 32.9 Å². The van der Waals surface area contributed by atoms with Crippen LogP contribution in [0.1, 0.15) is 25.1 Å². The fourth-order valence-corrected chi connectivity index (χ4v) is 3.62. The number of hydrogen-bond donors (Lipinski definition) is 1. The second-order valence-corrected chi connectivity index (χ2v) is 7.52. The van der Waals surface area contributed by atoms with Gasteiger partial charge in [-0.25, -0.2) is 0 Å². The van der Waals surface area contributed by atoms with Crippen LogP contribution in [0, 0.1) is 5.92 Å². The highest BCUT2D eigenvalue weighted by atomic mass is 35.5. The monoisotopic (exact) mass is 365 g/mol. The van der Waals surface area contributed by atoms with E-state index in [1.54, 1.807) is 11.3 Å². The molecule has 0 aliphatic carbocycles. The maximum Gasteiger partial charge on any atom is 0.239 e. The molecule has 1 aromatic heterocycles. The van der Waals surface area contributed by atoms with Crippen LogP contribution in [0.2, 0.25) is 4.34 Å². The van der Waals surface area contributed by atoms with Crippen molar-refractivity contribution < 1.29 is 4.79 Å². The van der Waals surface area contributed by atoms with Crippen molar-refractivity contribution in [1.82, 2.24) is 9.80 Å². The summed E-state index contributed by atoms with van der Waals surface area (Å²) in [5.41, 5.74) is 6.05. The quantitative estimate of drug-likeness (QED) is 0.872. The van der Waals surface area contributed by atoms with Crippen molar-refractivity contribution >= 4 is 41.3 Å². The number of carbonyl (C=O) groups is 1. The Labute approximate surface area is 148 Å². The summed E-state index contributed by atoms with van der Waals surface area (Å²) in [4.78, 5) is 17.9. The van der Waals surface area contributed by atoms with Crippen LogP contribution in [0.5, 0.6) is 0 Å². The van der Waals surface area contributed by atoms with E-state index in [4.69, 9.17) is 17.3 Å². The predicted octanol–water partition coefficient (Wildman–Crippen LogP) is 2.84. The van der Waals surface area contributed by atoms with E-state index in [2.05, 4.69) is 17.9 Å². The second-order valence-electron chi connectivity index (χ2n) is 5.72. The third kappa shape index (κ3) is 5.10. The van der Waals surface area contributed by atoms with Crippen LogP contribution >= 0.6 is 35.3 Å². The molecule has 22 heavy (non-hydrogen) atoms. The van der Waals surface area contributed by atoms with Crippen LogP contribution < -0.4 is 5.73 Å². The zero-order valence-corrected chi connectivity index (χ0v) is 15.5. The van der Waals surface area contributed by atoms with Gasteiger partial charge in [-0.1, -0.05) is 31.9 Å². The number of halogens is 2. The molecule has 126 valence electrons. The van der Waals surface area contributed by atoms with Crippen molar-refractivity contribution in [3.63, 3.8) is 0 Å². The molecule has 2 atom stereocenters. The minimum Gasteiger partial charge on any atom is -0.339 e. The van der Waals surface area contributed by atoms with Crippen LogP contribution in [-0.2, 0) is 11.3 Å². The van der Waals surface area contributed by atoms with Gasteiger partial charge in [0.25, 0.3) is 0 Å². The first-order valence-corrected chi connectivity index (χ1v) is 8.71. The molecular formula is C15H25Cl2N3OS. The number of rotatable bonds is 5. The van der Waals surface area contributed by atoms with E-state index in [9.17, 15) is 4.79 Å². The van der Waals surface area contributed by atoms with Crippen LogP contribution in [0.3, 0.4) is 0 Å². The van der Waals surface area contributed by atoms with Gasteiger partial charge in [-0.15, -0.1) is 23.7 Å². The normalized spacial score (nSPS) is 18.6. The molecule has 0 spiro atoms. The van der Waals surface area contributed by atoms with E-state index < -0.39 is 0 Å². The molecule has 2 rings (SSSR count). The lowest BCUT2D eigenvalue weighted by Gasteiger charge is -2.36. The molecule has 1 fully saturated rings.